The van der Waals surface area contributed by atoms with Gasteiger partial charge < -0.3 is 14.5 Å². The maximum absolute atomic E-state index is 13.2. The second-order valence-electron chi connectivity index (χ2n) is 4.37. The third kappa shape index (κ3) is 4.57. The molecule has 1 amide bonds. The number of hydrogen-bond acceptors (Lipinski definition) is 3. The van der Waals surface area contributed by atoms with Crippen LogP contribution in [0.25, 0.3) is 6.08 Å². The molecule has 1 aromatic heterocycles. The first-order chi connectivity index (χ1) is 10.2. The van der Waals surface area contributed by atoms with Crippen LogP contribution in [-0.2, 0) is 9.53 Å². The SMILES string of the molecule is CO[C@H](CNC(=O)/C=C/c1ccco1)c1cccc(F)c1. The number of furan rings is 1. The van der Waals surface area contributed by atoms with Gasteiger partial charge in [0, 0.05) is 19.7 Å². The van der Waals surface area contributed by atoms with E-state index in [1.165, 1.54) is 31.6 Å². The van der Waals surface area contributed by atoms with Gasteiger partial charge in [0.25, 0.3) is 0 Å². The lowest BCUT2D eigenvalue weighted by molar-refractivity contribution is -0.117. The van der Waals surface area contributed by atoms with Gasteiger partial charge in [-0.2, -0.15) is 0 Å². The molecule has 4 nitrogen and oxygen atoms in total. The molecule has 0 aliphatic carbocycles. The van der Waals surface area contributed by atoms with Gasteiger partial charge in [-0.05, 0) is 35.9 Å². The summed E-state index contributed by atoms with van der Waals surface area (Å²) in [7, 11) is 1.51. The number of carbonyl (C=O) groups is 1. The minimum atomic E-state index is -0.401. The first-order valence-corrected chi connectivity index (χ1v) is 6.46. The van der Waals surface area contributed by atoms with E-state index < -0.39 is 6.10 Å². The van der Waals surface area contributed by atoms with Crippen LogP contribution in [0, 0.1) is 5.82 Å². The van der Waals surface area contributed by atoms with Crippen LogP contribution in [0.5, 0.6) is 0 Å². The smallest absolute Gasteiger partial charge is 0.244 e. The van der Waals surface area contributed by atoms with Gasteiger partial charge in [-0.25, -0.2) is 4.39 Å². The topological polar surface area (TPSA) is 51.5 Å². The number of carbonyl (C=O) groups excluding carboxylic acids is 1. The molecule has 0 saturated carbocycles. The van der Waals surface area contributed by atoms with E-state index in [2.05, 4.69) is 5.32 Å². The Hall–Kier alpha value is -2.40. The number of methoxy groups -OCH3 is 1. The number of rotatable bonds is 6. The van der Waals surface area contributed by atoms with Crippen LogP contribution >= 0.6 is 0 Å². The maximum atomic E-state index is 13.2. The molecule has 21 heavy (non-hydrogen) atoms. The molecular formula is C16H16FNO3. The summed E-state index contributed by atoms with van der Waals surface area (Å²) in [6, 6.07) is 9.59. The van der Waals surface area contributed by atoms with E-state index in [4.69, 9.17) is 9.15 Å². The number of amides is 1. The highest BCUT2D eigenvalue weighted by Crippen LogP contribution is 2.16. The molecule has 0 unspecified atom stereocenters. The normalized spacial score (nSPS) is 12.5. The Kier molecular flexibility index (Phi) is 5.29. The van der Waals surface area contributed by atoms with Crippen LogP contribution in [0.15, 0.2) is 53.2 Å². The summed E-state index contributed by atoms with van der Waals surface area (Å²) in [5.74, 6) is -0.0120. The van der Waals surface area contributed by atoms with Crippen molar-refractivity contribution in [2.75, 3.05) is 13.7 Å². The summed E-state index contributed by atoms with van der Waals surface area (Å²) in [6.07, 6.45) is 4.07. The summed E-state index contributed by atoms with van der Waals surface area (Å²) in [5.41, 5.74) is 0.674. The average molecular weight is 289 g/mol. The Morgan fingerprint density at radius 2 is 2.29 bits per heavy atom. The third-order valence-corrected chi connectivity index (χ3v) is 2.91. The van der Waals surface area contributed by atoms with Gasteiger partial charge in [0.2, 0.25) is 5.91 Å². The number of halogens is 1. The molecule has 1 N–H and O–H groups in total. The lowest BCUT2D eigenvalue weighted by Gasteiger charge is -2.16. The summed E-state index contributed by atoms with van der Waals surface area (Å²) in [4.78, 5) is 11.7. The van der Waals surface area contributed by atoms with Crippen molar-refractivity contribution >= 4 is 12.0 Å². The average Bonchev–Trinajstić information content (AvgIpc) is 2.99. The van der Waals surface area contributed by atoms with Crippen molar-refractivity contribution in [1.29, 1.82) is 0 Å². The van der Waals surface area contributed by atoms with Crippen molar-refractivity contribution < 1.29 is 18.3 Å². The molecule has 1 aromatic carbocycles. The van der Waals surface area contributed by atoms with E-state index in [9.17, 15) is 9.18 Å². The molecule has 1 atom stereocenters. The monoisotopic (exact) mass is 289 g/mol. The van der Waals surface area contributed by atoms with Gasteiger partial charge in [-0.3, -0.25) is 4.79 Å². The van der Waals surface area contributed by atoms with Gasteiger partial charge in [-0.15, -0.1) is 0 Å². The van der Waals surface area contributed by atoms with E-state index in [1.807, 2.05) is 0 Å². The zero-order valence-electron chi connectivity index (χ0n) is 11.6. The third-order valence-electron chi connectivity index (χ3n) is 2.91. The maximum Gasteiger partial charge on any atom is 0.244 e. The molecule has 0 aliphatic rings. The molecule has 5 heteroatoms. The fourth-order valence-electron chi connectivity index (χ4n) is 1.84. The lowest BCUT2D eigenvalue weighted by atomic mass is 10.1. The van der Waals surface area contributed by atoms with E-state index in [0.29, 0.717) is 11.3 Å². The van der Waals surface area contributed by atoms with Crippen LogP contribution in [0.3, 0.4) is 0 Å². The Bertz CT molecular complexity index is 608. The molecule has 0 fully saturated rings. The highest BCUT2D eigenvalue weighted by atomic mass is 19.1. The van der Waals surface area contributed by atoms with Crippen molar-refractivity contribution in [3.63, 3.8) is 0 Å². The second-order valence-corrected chi connectivity index (χ2v) is 4.37. The molecule has 0 spiro atoms. The highest BCUT2D eigenvalue weighted by Gasteiger charge is 2.11. The second kappa shape index (κ2) is 7.40. The molecule has 0 saturated heterocycles. The molecule has 0 aliphatic heterocycles. The van der Waals surface area contributed by atoms with Crippen LogP contribution in [0.4, 0.5) is 4.39 Å². The van der Waals surface area contributed by atoms with Crippen LogP contribution in [0.2, 0.25) is 0 Å². The fourth-order valence-corrected chi connectivity index (χ4v) is 1.84. The lowest BCUT2D eigenvalue weighted by Crippen LogP contribution is -2.27. The summed E-state index contributed by atoms with van der Waals surface area (Å²) < 4.78 is 23.5. The molecular weight excluding hydrogens is 273 g/mol. The summed E-state index contributed by atoms with van der Waals surface area (Å²) in [6.45, 7) is 0.251. The van der Waals surface area contributed by atoms with Gasteiger partial charge >= 0.3 is 0 Å². The quantitative estimate of drug-likeness (QED) is 0.832. The molecule has 1 heterocycles. The highest BCUT2D eigenvalue weighted by molar-refractivity contribution is 5.91. The zero-order valence-corrected chi connectivity index (χ0v) is 11.6. The number of hydrogen-bond donors (Lipinski definition) is 1. The first kappa shape index (κ1) is 15.0. The number of nitrogens with one attached hydrogen (secondary N) is 1. The van der Waals surface area contributed by atoms with Crippen molar-refractivity contribution in [3.05, 3.63) is 65.9 Å². The van der Waals surface area contributed by atoms with Gasteiger partial charge in [-0.1, -0.05) is 12.1 Å². The Morgan fingerprint density at radius 3 is 2.95 bits per heavy atom. The summed E-state index contributed by atoms with van der Waals surface area (Å²) >= 11 is 0. The van der Waals surface area contributed by atoms with Crippen molar-refractivity contribution in [1.82, 2.24) is 5.32 Å². The zero-order chi connectivity index (χ0) is 15.1. The predicted octanol–water partition coefficient (Wildman–Crippen LogP) is 2.94. The number of ether oxygens (including phenoxy) is 1. The largest absolute Gasteiger partial charge is 0.465 e. The van der Waals surface area contributed by atoms with E-state index in [-0.39, 0.29) is 18.3 Å². The fraction of sp³-hybridized carbons (Fsp3) is 0.188. The number of benzene rings is 1. The van der Waals surface area contributed by atoms with Crippen molar-refractivity contribution in [2.24, 2.45) is 0 Å². The molecule has 2 aromatic rings. The standard InChI is InChI=1S/C16H16FNO3/c1-20-15(12-4-2-5-13(17)10-12)11-18-16(19)8-7-14-6-3-9-21-14/h2-10,15H,11H2,1H3,(H,18,19)/b8-7+/t15-/m1/s1. The molecule has 2 rings (SSSR count). The Morgan fingerprint density at radius 1 is 1.43 bits per heavy atom. The van der Waals surface area contributed by atoms with Crippen LogP contribution in [0.1, 0.15) is 17.4 Å². The van der Waals surface area contributed by atoms with Gasteiger partial charge in [0.15, 0.2) is 0 Å². The minimum absolute atomic E-state index is 0.251. The van der Waals surface area contributed by atoms with Gasteiger partial charge in [0.1, 0.15) is 11.6 Å². The molecule has 0 radical (unpaired) electrons. The first-order valence-electron chi connectivity index (χ1n) is 6.46. The van der Waals surface area contributed by atoms with Crippen LogP contribution < -0.4 is 5.32 Å². The van der Waals surface area contributed by atoms with E-state index in [1.54, 1.807) is 30.3 Å². The Labute approximate surface area is 122 Å². The minimum Gasteiger partial charge on any atom is -0.465 e. The van der Waals surface area contributed by atoms with Crippen LogP contribution in [-0.4, -0.2) is 19.6 Å². The van der Waals surface area contributed by atoms with E-state index >= 15 is 0 Å². The molecule has 110 valence electrons. The van der Waals surface area contributed by atoms with E-state index in [0.717, 1.165) is 0 Å². The predicted molar refractivity (Wildman–Crippen MR) is 76.9 cm³/mol. The Balaban J connectivity index is 1.89. The van der Waals surface area contributed by atoms with Crippen molar-refractivity contribution in [2.45, 2.75) is 6.10 Å². The van der Waals surface area contributed by atoms with Crippen molar-refractivity contribution in [3.8, 4) is 0 Å². The van der Waals surface area contributed by atoms with Gasteiger partial charge in [0.05, 0.1) is 12.4 Å². The molecule has 0 bridgehead atoms. The summed E-state index contributed by atoms with van der Waals surface area (Å²) in [5, 5.41) is 2.70.